The predicted molar refractivity (Wildman–Crippen MR) is 85.5 cm³/mol. The Labute approximate surface area is 132 Å². The van der Waals surface area contributed by atoms with Gasteiger partial charge in [0.15, 0.2) is 0 Å². The van der Waals surface area contributed by atoms with Crippen molar-refractivity contribution < 1.29 is 19.4 Å². The van der Waals surface area contributed by atoms with Gasteiger partial charge in [0.2, 0.25) is 0 Å². The Kier molecular flexibility index (Phi) is 7.35. The van der Waals surface area contributed by atoms with E-state index in [1.54, 1.807) is 0 Å². The van der Waals surface area contributed by atoms with E-state index in [9.17, 15) is 9.90 Å². The van der Waals surface area contributed by atoms with Crippen LogP contribution in [-0.4, -0.2) is 36.1 Å². The second-order valence-corrected chi connectivity index (χ2v) is 6.17. The molecule has 124 valence electrons. The number of aliphatic hydroxyl groups is 1. The lowest BCUT2D eigenvalue weighted by molar-refractivity contribution is -0.00159. The van der Waals surface area contributed by atoms with Crippen LogP contribution < -0.4 is 5.32 Å². The summed E-state index contributed by atoms with van der Waals surface area (Å²) in [6.07, 6.45) is -0.541. The molecule has 0 bridgehead atoms. The number of hydrogen-bond acceptors (Lipinski definition) is 4. The summed E-state index contributed by atoms with van der Waals surface area (Å²) >= 11 is 0. The Bertz CT molecular complexity index is 445. The third kappa shape index (κ3) is 6.45. The van der Waals surface area contributed by atoms with Crippen molar-refractivity contribution in [3.63, 3.8) is 0 Å². The summed E-state index contributed by atoms with van der Waals surface area (Å²) in [5.41, 5.74) is 0.484. The minimum Gasteiger partial charge on any atom is -0.443 e. The number of nitrogens with one attached hydrogen (secondary N) is 1. The number of amides is 1. The molecule has 1 amide bonds. The lowest BCUT2D eigenvalue weighted by Crippen LogP contribution is -2.45. The van der Waals surface area contributed by atoms with Crippen molar-refractivity contribution in [1.82, 2.24) is 5.32 Å². The standard InChI is InChI=1S/C17H27NO4/c1-13(2)17(3,4)22-16(20)18-15(10-19)12-21-11-14-8-6-5-7-9-14/h5-9,13,15,19H,10-12H2,1-4H3,(H,18,20)/t15-/m0/s1. The van der Waals surface area contributed by atoms with Gasteiger partial charge in [-0.2, -0.15) is 0 Å². The molecule has 22 heavy (non-hydrogen) atoms. The van der Waals surface area contributed by atoms with Gasteiger partial charge in [-0.05, 0) is 25.3 Å². The number of carbonyl (C=O) groups excluding carboxylic acids is 1. The highest BCUT2D eigenvalue weighted by atomic mass is 16.6. The zero-order valence-electron chi connectivity index (χ0n) is 13.8. The van der Waals surface area contributed by atoms with Gasteiger partial charge in [0.05, 0.1) is 25.9 Å². The summed E-state index contributed by atoms with van der Waals surface area (Å²) in [7, 11) is 0. The molecule has 0 aliphatic heterocycles. The van der Waals surface area contributed by atoms with E-state index < -0.39 is 17.7 Å². The molecule has 0 aliphatic carbocycles. The third-order valence-electron chi connectivity index (χ3n) is 3.72. The maximum Gasteiger partial charge on any atom is 0.408 e. The van der Waals surface area contributed by atoms with Gasteiger partial charge in [-0.25, -0.2) is 4.79 Å². The fraction of sp³-hybridized carbons (Fsp3) is 0.588. The zero-order valence-corrected chi connectivity index (χ0v) is 13.8. The van der Waals surface area contributed by atoms with E-state index in [1.165, 1.54) is 0 Å². The van der Waals surface area contributed by atoms with E-state index >= 15 is 0 Å². The largest absolute Gasteiger partial charge is 0.443 e. The molecular weight excluding hydrogens is 282 g/mol. The first kappa shape index (κ1) is 18.5. The van der Waals surface area contributed by atoms with Gasteiger partial charge in [0, 0.05) is 0 Å². The molecule has 0 unspecified atom stereocenters. The summed E-state index contributed by atoms with van der Waals surface area (Å²) < 4.78 is 10.9. The number of ether oxygens (including phenoxy) is 2. The minimum atomic E-state index is -0.561. The highest BCUT2D eigenvalue weighted by Crippen LogP contribution is 2.20. The normalized spacial score (nSPS) is 13.0. The van der Waals surface area contributed by atoms with Crippen molar-refractivity contribution in [2.45, 2.75) is 45.9 Å². The number of carbonyl (C=O) groups is 1. The van der Waals surface area contributed by atoms with Crippen molar-refractivity contribution >= 4 is 6.09 Å². The van der Waals surface area contributed by atoms with E-state index in [0.29, 0.717) is 6.61 Å². The van der Waals surface area contributed by atoms with Crippen LogP contribution in [-0.2, 0) is 16.1 Å². The van der Waals surface area contributed by atoms with Gasteiger partial charge < -0.3 is 19.9 Å². The lowest BCUT2D eigenvalue weighted by Gasteiger charge is -2.30. The predicted octanol–water partition coefficient (Wildman–Crippen LogP) is 2.72. The average Bonchev–Trinajstić information content (AvgIpc) is 2.46. The second kappa shape index (κ2) is 8.76. The molecule has 1 atom stereocenters. The second-order valence-electron chi connectivity index (χ2n) is 6.17. The molecule has 0 saturated heterocycles. The summed E-state index contributed by atoms with van der Waals surface area (Å²) in [5, 5.41) is 12.0. The molecule has 0 aliphatic rings. The van der Waals surface area contributed by atoms with Crippen molar-refractivity contribution in [3.8, 4) is 0 Å². The number of alkyl carbamates (subject to hydrolysis) is 1. The number of rotatable bonds is 8. The molecule has 0 spiro atoms. The number of aliphatic hydroxyl groups excluding tert-OH is 1. The maximum atomic E-state index is 11.9. The van der Waals surface area contributed by atoms with Gasteiger partial charge in [-0.15, -0.1) is 0 Å². The first-order valence-corrected chi connectivity index (χ1v) is 7.57. The summed E-state index contributed by atoms with van der Waals surface area (Å²) in [4.78, 5) is 11.9. The minimum absolute atomic E-state index is 0.195. The Morgan fingerprint density at radius 2 is 1.91 bits per heavy atom. The van der Waals surface area contributed by atoms with Crippen LogP contribution >= 0.6 is 0 Å². The van der Waals surface area contributed by atoms with E-state index in [-0.39, 0.29) is 19.1 Å². The van der Waals surface area contributed by atoms with E-state index in [4.69, 9.17) is 9.47 Å². The van der Waals surface area contributed by atoms with Gasteiger partial charge in [0.1, 0.15) is 5.60 Å². The molecule has 0 heterocycles. The lowest BCUT2D eigenvalue weighted by atomic mass is 9.95. The van der Waals surface area contributed by atoms with Crippen LogP contribution in [0.5, 0.6) is 0 Å². The van der Waals surface area contributed by atoms with Crippen LogP contribution in [0.25, 0.3) is 0 Å². The third-order valence-corrected chi connectivity index (χ3v) is 3.72. The van der Waals surface area contributed by atoms with Crippen LogP contribution in [0.3, 0.4) is 0 Å². The molecule has 2 N–H and O–H groups in total. The van der Waals surface area contributed by atoms with Gasteiger partial charge in [-0.1, -0.05) is 44.2 Å². The molecule has 0 saturated carbocycles. The van der Waals surface area contributed by atoms with Crippen molar-refractivity contribution in [1.29, 1.82) is 0 Å². The molecule has 1 aromatic rings. The highest BCUT2D eigenvalue weighted by molar-refractivity contribution is 5.68. The van der Waals surface area contributed by atoms with Crippen molar-refractivity contribution in [2.24, 2.45) is 5.92 Å². The molecule has 5 nitrogen and oxygen atoms in total. The molecule has 1 aromatic carbocycles. The molecule has 0 fully saturated rings. The summed E-state index contributed by atoms with van der Waals surface area (Å²) in [5.74, 6) is 0.195. The zero-order chi connectivity index (χ0) is 16.6. The van der Waals surface area contributed by atoms with Crippen LogP contribution in [0.2, 0.25) is 0 Å². The molecule has 0 radical (unpaired) electrons. The highest BCUT2D eigenvalue weighted by Gasteiger charge is 2.27. The Morgan fingerprint density at radius 1 is 1.27 bits per heavy atom. The average molecular weight is 309 g/mol. The molecule has 5 heteroatoms. The SMILES string of the molecule is CC(C)C(C)(C)OC(=O)N[C@@H](CO)COCc1ccccc1. The Morgan fingerprint density at radius 3 is 2.45 bits per heavy atom. The molecular formula is C17H27NO4. The fourth-order valence-corrected chi connectivity index (χ4v) is 1.59. The Balaban J connectivity index is 2.37. The van der Waals surface area contributed by atoms with E-state index in [2.05, 4.69) is 5.32 Å². The summed E-state index contributed by atoms with van der Waals surface area (Å²) in [6.45, 7) is 8.15. The van der Waals surface area contributed by atoms with Crippen LogP contribution in [0.15, 0.2) is 30.3 Å². The van der Waals surface area contributed by atoms with Crippen molar-refractivity contribution in [3.05, 3.63) is 35.9 Å². The quantitative estimate of drug-likeness (QED) is 0.775. The summed E-state index contributed by atoms with van der Waals surface area (Å²) in [6, 6.07) is 9.24. The maximum absolute atomic E-state index is 11.9. The van der Waals surface area contributed by atoms with Crippen LogP contribution in [0.1, 0.15) is 33.3 Å². The fourth-order valence-electron chi connectivity index (χ4n) is 1.59. The van der Waals surface area contributed by atoms with E-state index in [0.717, 1.165) is 5.56 Å². The Hall–Kier alpha value is -1.59. The first-order chi connectivity index (χ1) is 10.3. The topological polar surface area (TPSA) is 67.8 Å². The van der Waals surface area contributed by atoms with Gasteiger partial charge >= 0.3 is 6.09 Å². The monoisotopic (exact) mass is 309 g/mol. The van der Waals surface area contributed by atoms with Crippen LogP contribution in [0, 0.1) is 5.92 Å². The van der Waals surface area contributed by atoms with Gasteiger partial charge in [0.25, 0.3) is 0 Å². The number of benzene rings is 1. The van der Waals surface area contributed by atoms with Gasteiger partial charge in [-0.3, -0.25) is 0 Å². The van der Waals surface area contributed by atoms with Crippen LogP contribution in [0.4, 0.5) is 4.79 Å². The molecule has 0 aromatic heterocycles. The number of hydrogen-bond donors (Lipinski definition) is 2. The molecule has 1 rings (SSSR count). The van der Waals surface area contributed by atoms with E-state index in [1.807, 2.05) is 58.0 Å². The smallest absolute Gasteiger partial charge is 0.408 e. The first-order valence-electron chi connectivity index (χ1n) is 7.57. The van der Waals surface area contributed by atoms with Crippen molar-refractivity contribution in [2.75, 3.05) is 13.2 Å².